The summed E-state index contributed by atoms with van der Waals surface area (Å²) in [4.78, 5) is 33.2. The summed E-state index contributed by atoms with van der Waals surface area (Å²) in [5.74, 6) is -2.56. The maximum absolute atomic E-state index is 11.0. The minimum Gasteiger partial charge on any atom is -0.480 e. The molecule has 6 heteroatoms. The molecule has 0 aromatic rings. The highest BCUT2D eigenvalue weighted by Crippen LogP contribution is 2.08. The van der Waals surface area contributed by atoms with E-state index in [0.29, 0.717) is 4.90 Å². The summed E-state index contributed by atoms with van der Waals surface area (Å²) >= 11 is 0. The quantitative estimate of drug-likeness (QED) is 0.510. The van der Waals surface area contributed by atoms with Gasteiger partial charge in [-0.05, 0) is 0 Å². The molecule has 3 N–H and O–H groups in total. The van der Waals surface area contributed by atoms with Gasteiger partial charge in [0.05, 0.1) is 0 Å². The van der Waals surface area contributed by atoms with Gasteiger partial charge in [0, 0.05) is 18.7 Å². The number of aliphatic carboxylic acids is 1. The van der Waals surface area contributed by atoms with Gasteiger partial charge in [-0.15, -0.1) is 0 Å². The number of imide groups is 1. The highest BCUT2D eigenvalue weighted by molar-refractivity contribution is 6.14. The predicted octanol–water partition coefficient (Wildman–Crippen LogP) is -1.68. The molecule has 0 aromatic heterocycles. The number of carboxylic acid groups (broad SMARTS) is 1. The summed E-state index contributed by atoms with van der Waals surface area (Å²) in [5.41, 5.74) is 5.12. The molecule has 1 aliphatic rings. The molecule has 0 saturated carbocycles. The van der Waals surface area contributed by atoms with Gasteiger partial charge in [0.25, 0.3) is 11.8 Å². The summed E-state index contributed by atoms with van der Waals surface area (Å²) in [6.45, 7) is -0.283. The van der Waals surface area contributed by atoms with Crippen LogP contribution in [-0.2, 0) is 14.4 Å². The normalized spacial score (nSPS) is 18.1. The molecule has 0 radical (unpaired) electrons. The maximum atomic E-state index is 11.0. The first-order valence-corrected chi connectivity index (χ1v) is 3.56. The number of carboxylic acids is 1. The van der Waals surface area contributed by atoms with Gasteiger partial charge in [-0.1, -0.05) is 0 Å². The third-order valence-corrected chi connectivity index (χ3v) is 1.66. The van der Waals surface area contributed by atoms with Gasteiger partial charge in [-0.3, -0.25) is 14.5 Å². The van der Waals surface area contributed by atoms with E-state index in [1.54, 1.807) is 0 Å². The lowest BCUT2D eigenvalue weighted by atomic mass is 10.2. The van der Waals surface area contributed by atoms with Crippen LogP contribution in [0.2, 0.25) is 0 Å². The molecule has 6 nitrogen and oxygen atoms in total. The summed E-state index contributed by atoms with van der Waals surface area (Å²) in [6.07, 6.45) is 2.04. The second-order valence-electron chi connectivity index (χ2n) is 2.47. The Bertz CT molecular complexity index is 279. The topological polar surface area (TPSA) is 101 Å². The Morgan fingerprint density at radius 3 is 2.23 bits per heavy atom. The van der Waals surface area contributed by atoms with Crippen molar-refractivity contribution in [2.45, 2.75) is 6.04 Å². The Morgan fingerprint density at radius 1 is 1.46 bits per heavy atom. The highest BCUT2D eigenvalue weighted by Gasteiger charge is 2.34. The minimum atomic E-state index is -1.28. The smallest absolute Gasteiger partial charge is 0.328 e. The first kappa shape index (κ1) is 9.40. The average Bonchev–Trinajstić information content (AvgIpc) is 2.36. The molecule has 0 spiro atoms. The van der Waals surface area contributed by atoms with E-state index >= 15 is 0 Å². The standard InChI is InChI=1S/C7H8N2O4/c8-3-4(7(12)13)9-5(10)1-2-6(9)11/h1-2,4H,3,8H2,(H,12,13)/t4-/m1/s1. The second-order valence-corrected chi connectivity index (χ2v) is 2.47. The van der Waals surface area contributed by atoms with Gasteiger partial charge in [0.1, 0.15) is 6.04 Å². The van der Waals surface area contributed by atoms with E-state index in [-0.39, 0.29) is 6.54 Å². The molecule has 1 atom stereocenters. The zero-order chi connectivity index (χ0) is 10.0. The molecule has 0 saturated heterocycles. The van der Waals surface area contributed by atoms with Crippen molar-refractivity contribution in [1.82, 2.24) is 4.90 Å². The van der Waals surface area contributed by atoms with Crippen LogP contribution in [0.1, 0.15) is 0 Å². The van der Waals surface area contributed by atoms with E-state index in [0.717, 1.165) is 12.2 Å². The van der Waals surface area contributed by atoms with Crippen LogP contribution in [0.4, 0.5) is 0 Å². The van der Waals surface area contributed by atoms with E-state index < -0.39 is 23.8 Å². The number of rotatable bonds is 3. The van der Waals surface area contributed by atoms with Crippen LogP contribution in [0.5, 0.6) is 0 Å². The largest absolute Gasteiger partial charge is 0.480 e. The number of nitrogens with two attached hydrogens (primary N) is 1. The SMILES string of the molecule is NC[C@H](C(=O)O)N1C(=O)C=CC1=O. The number of amides is 2. The third kappa shape index (κ3) is 1.57. The van der Waals surface area contributed by atoms with Gasteiger partial charge in [-0.2, -0.15) is 0 Å². The zero-order valence-corrected chi connectivity index (χ0v) is 6.64. The molecule has 1 aliphatic heterocycles. The van der Waals surface area contributed by atoms with Crippen LogP contribution in [0, 0.1) is 0 Å². The molecule has 1 heterocycles. The lowest BCUT2D eigenvalue weighted by Gasteiger charge is -2.20. The number of hydrogen-bond donors (Lipinski definition) is 2. The lowest BCUT2D eigenvalue weighted by Crippen LogP contribution is -2.49. The van der Waals surface area contributed by atoms with Crippen molar-refractivity contribution in [2.75, 3.05) is 6.54 Å². The van der Waals surface area contributed by atoms with Crippen LogP contribution in [-0.4, -0.2) is 40.4 Å². The fourth-order valence-electron chi connectivity index (χ4n) is 1.04. The zero-order valence-electron chi connectivity index (χ0n) is 6.64. The van der Waals surface area contributed by atoms with Gasteiger partial charge < -0.3 is 10.8 Å². The summed E-state index contributed by atoms with van der Waals surface area (Å²) < 4.78 is 0. The van der Waals surface area contributed by atoms with Crippen molar-refractivity contribution in [3.05, 3.63) is 12.2 Å². The van der Waals surface area contributed by atoms with Crippen molar-refractivity contribution >= 4 is 17.8 Å². The van der Waals surface area contributed by atoms with Gasteiger partial charge in [0.2, 0.25) is 0 Å². The van der Waals surface area contributed by atoms with E-state index in [4.69, 9.17) is 10.8 Å². The fourth-order valence-corrected chi connectivity index (χ4v) is 1.04. The Kier molecular flexibility index (Phi) is 2.43. The number of hydrogen-bond acceptors (Lipinski definition) is 4. The molecule has 0 aliphatic carbocycles. The van der Waals surface area contributed by atoms with Gasteiger partial charge in [0.15, 0.2) is 0 Å². The van der Waals surface area contributed by atoms with Crippen molar-refractivity contribution < 1.29 is 19.5 Å². The number of carbonyl (C=O) groups is 3. The van der Waals surface area contributed by atoms with Crippen molar-refractivity contribution in [2.24, 2.45) is 5.73 Å². The predicted molar refractivity (Wildman–Crippen MR) is 41.5 cm³/mol. The van der Waals surface area contributed by atoms with E-state index in [1.165, 1.54) is 0 Å². The molecule has 0 aromatic carbocycles. The number of carbonyl (C=O) groups excluding carboxylic acids is 2. The van der Waals surface area contributed by atoms with Crippen LogP contribution < -0.4 is 5.73 Å². The highest BCUT2D eigenvalue weighted by atomic mass is 16.4. The van der Waals surface area contributed by atoms with Gasteiger partial charge in [-0.25, -0.2) is 4.79 Å². The van der Waals surface area contributed by atoms with Crippen LogP contribution >= 0.6 is 0 Å². The molecule has 0 unspecified atom stereocenters. The van der Waals surface area contributed by atoms with Gasteiger partial charge >= 0.3 is 5.97 Å². The van der Waals surface area contributed by atoms with E-state index in [2.05, 4.69) is 0 Å². The summed E-state index contributed by atoms with van der Waals surface area (Å²) in [6, 6.07) is -1.27. The minimum absolute atomic E-state index is 0.283. The average molecular weight is 184 g/mol. The van der Waals surface area contributed by atoms with Crippen molar-refractivity contribution in [3.8, 4) is 0 Å². The van der Waals surface area contributed by atoms with Crippen LogP contribution in [0.15, 0.2) is 12.2 Å². The molecule has 1 rings (SSSR count). The Balaban J connectivity index is 2.87. The van der Waals surface area contributed by atoms with E-state index in [9.17, 15) is 14.4 Å². The van der Waals surface area contributed by atoms with Crippen LogP contribution in [0.3, 0.4) is 0 Å². The first-order chi connectivity index (χ1) is 6.07. The molecule has 0 fully saturated rings. The Labute approximate surface area is 73.6 Å². The monoisotopic (exact) mass is 184 g/mol. The third-order valence-electron chi connectivity index (χ3n) is 1.66. The number of nitrogens with zero attached hydrogens (tertiary/aromatic N) is 1. The summed E-state index contributed by atoms with van der Waals surface area (Å²) in [7, 11) is 0. The van der Waals surface area contributed by atoms with Crippen molar-refractivity contribution in [1.29, 1.82) is 0 Å². The van der Waals surface area contributed by atoms with Crippen molar-refractivity contribution in [3.63, 3.8) is 0 Å². The molecule has 2 amide bonds. The first-order valence-electron chi connectivity index (χ1n) is 3.56. The Hall–Kier alpha value is -1.69. The maximum Gasteiger partial charge on any atom is 0.328 e. The summed E-state index contributed by atoms with van der Waals surface area (Å²) in [5, 5.41) is 8.62. The van der Waals surface area contributed by atoms with E-state index in [1.807, 2.05) is 0 Å². The molecular formula is C7H8N2O4. The molecular weight excluding hydrogens is 176 g/mol. The molecule has 13 heavy (non-hydrogen) atoms. The molecule has 70 valence electrons. The lowest BCUT2D eigenvalue weighted by molar-refractivity contribution is -0.152. The molecule has 0 bridgehead atoms. The fraction of sp³-hybridized carbons (Fsp3) is 0.286. The van der Waals surface area contributed by atoms with Crippen LogP contribution in [0.25, 0.3) is 0 Å². The Morgan fingerprint density at radius 2 is 1.92 bits per heavy atom. The second kappa shape index (κ2) is 3.36.